The lowest BCUT2D eigenvalue weighted by molar-refractivity contribution is -0.125. The first-order chi connectivity index (χ1) is 11.3. The van der Waals surface area contributed by atoms with Gasteiger partial charge in [-0.1, -0.05) is 12.2 Å². The zero-order valence-electron chi connectivity index (χ0n) is 13.4. The molecular formula is C18H24N4O. The highest BCUT2D eigenvalue weighted by molar-refractivity contribution is 5.79. The normalized spacial score (nSPS) is 32.3. The van der Waals surface area contributed by atoms with Crippen molar-refractivity contribution in [2.24, 2.45) is 23.7 Å². The van der Waals surface area contributed by atoms with Gasteiger partial charge < -0.3 is 10.2 Å². The maximum Gasteiger partial charge on any atom is 0.225 e. The molecule has 0 spiro atoms. The zero-order valence-corrected chi connectivity index (χ0v) is 13.4. The van der Waals surface area contributed by atoms with Gasteiger partial charge in [-0.25, -0.2) is 9.97 Å². The van der Waals surface area contributed by atoms with Crippen LogP contribution in [0.2, 0.25) is 0 Å². The zero-order chi connectivity index (χ0) is 15.6. The van der Waals surface area contributed by atoms with Crippen molar-refractivity contribution in [2.45, 2.75) is 25.7 Å². The van der Waals surface area contributed by atoms with Crippen LogP contribution in [0.5, 0.6) is 0 Å². The molecule has 2 fully saturated rings. The molecule has 2 heterocycles. The molecule has 0 aromatic carbocycles. The second-order valence-electron chi connectivity index (χ2n) is 7.12. The summed E-state index contributed by atoms with van der Waals surface area (Å²) in [6.45, 7) is 2.50. The van der Waals surface area contributed by atoms with Crippen LogP contribution >= 0.6 is 0 Å². The predicted molar refractivity (Wildman–Crippen MR) is 88.8 cm³/mol. The fraction of sp³-hybridized carbons (Fsp3) is 0.611. The highest BCUT2D eigenvalue weighted by atomic mass is 16.1. The van der Waals surface area contributed by atoms with E-state index in [1.165, 1.54) is 12.8 Å². The average Bonchev–Trinajstić information content (AvgIpc) is 3.23. The van der Waals surface area contributed by atoms with Crippen molar-refractivity contribution in [3.05, 3.63) is 30.6 Å². The predicted octanol–water partition coefficient (Wildman–Crippen LogP) is 2.02. The van der Waals surface area contributed by atoms with Crippen LogP contribution in [-0.4, -0.2) is 35.5 Å². The number of rotatable bonds is 4. The Balaban J connectivity index is 1.30. The Morgan fingerprint density at radius 1 is 1.26 bits per heavy atom. The lowest BCUT2D eigenvalue weighted by Gasteiger charge is -2.32. The summed E-state index contributed by atoms with van der Waals surface area (Å²) in [6, 6.07) is 1.82. The van der Waals surface area contributed by atoms with E-state index in [9.17, 15) is 4.79 Å². The third-order valence-corrected chi connectivity index (χ3v) is 5.58. The number of anilines is 1. The van der Waals surface area contributed by atoms with E-state index in [0.29, 0.717) is 11.8 Å². The van der Waals surface area contributed by atoms with Crippen LogP contribution in [-0.2, 0) is 4.79 Å². The van der Waals surface area contributed by atoms with Gasteiger partial charge in [0.1, 0.15) is 0 Å². The number of hydrogen-bond acceptors (Lipinski definition) is 4. The van der Waals surface area contributed by atoms with Crippen molar-refractivity contribution < 1.29 is 4.79 Å². The van der Waals surface area contributed by atoms with Gasteiger partial charge in [-0.3, -0.25) is 4.79 Å². The Bertz CT molecular complexity index is 588. The molecule has 3 aliphatic rings. The number of nitrogens with one attached hydrogen (secondary N) is 1. The molecule has 1 aromatic rings. The quantitative estimate of drug-likeness (QED) is 0.864. The summed E-state index contributed by atoms with van der Waals surface area (Å²) < 4.78 is 0. The van der Waals surface area contributed by atoms with Crippen molar-refractivity contribution in [3.8, 4) is 0 Å². The van der Waals surface area contributed by atoms with Crippen LogP contribution in [0.15, 0.2) is 30.6 Å². The van der Waals surface area contributed by atoms with Crippen LogP contribution in [0.4, 0.5) is 5.95 Å². The number of piperidine rings is 1. The Kier molecular flexibility index (Phi) is 4.02. The van der Waals surface area contributed by atoms with E-state index in [1.54, 1.807) is 12.4 Å². The fourth-order valence-electron chi connectivity index (χ4n) is 4.33. The van der Waals surface area contributed by atoms with Gasteiger partial charge in [0, 0.05) is 32.0 Å². The Morgan fingerprint density at radius 2 is 2.13 bits per heavy atom. The summed E-state index contributed by atoms with van der Waals surface area (Å²) in [5, 5.41) is 3.21. The third kappa shape index (κ3) is 3.09. The van der Waals surface area contributed by atoms with Gasteiger partial charge in [-0.05, 0) is 49.5 Å². The van der Waals surface area contributed by atoms with Crippen molar-refractivity contribution in [1.29, 1.82) is 0 Å². The van der Waals surface area contributed by atoms with E-state index in [-0.39, 0.29) is 11.8 Å². The minimum absolute atomic E-state index is 0.0571. The number of hydrogen-bond donors (Lipinski definition) is 1. The summed E-state index contributed by atoms with van der Waals surface area (Å²) in [7, 11) is 0. The Hall–Kier alpha value is -1.91. The number of aromatic nitrogens is 2. The van der Waals surface area contributed by atoms with Gasteiger partial charge in [0.25, 0.3) is 0 Å². The molecule has 23 heavy (non-hydrogen) atoms. The lowest BCUT2D eigenvalue weighted by Crippen LogP contribution is -2.44. The van der Waals surface area contributed by atoms with Crippen LogP contribution in [0.3, 0.4) is 0 Å². The minimum atomic E-state index is 0.0571. The molecule has 1 amide bonds. The van der Waals surface area contributed by atoms with Crippen molar-refractivity contribution in [2.75, 3.05) is 24.5 Å². The maximum atomic E-state index is 12.5. The molecule has 5 heteroatoms. The van der Waals surface area contributed by atoms with E-state index in [4.69, 9.17) is 0 Å². The topological polar surface area (TPSA) is 58.1 Å². The van der Waals surface area contributed by atoms with Gasteiger partial charge in [0.05, 0.1) is 5.92 Å². The SMILES string of the molecule is O=C(NCC1CC2C=CC1C2)C1CCCN(c2ncccn2)C1. The number of carbonyl (C=O) groups excluding carboxylic acids is 1. The first-order valence-electron chi connectivity index (χ1n) is 8.77. The lowest BCUT2D eigenvalue weighted by atomic mass is 9.92. The molecule has 2 bridgehead atoms. The van der Waals surface area contributed by atoms with E-state index < -0.39 is 0 Å². The van der Waals surface area contributed by atoms with Gasteiger partial charge >= 0.3 is 0 Å². The number of carbonyl (C=O) groups is 1. The van der Waals surface area contributed by atoms with E-state index in [1.807, 2.05) is 6.07 Å². The highest BCUT2D eigenvalue weighted by Crippen LogP contribution is 2.43. The van der Waals surface area contributed by atoms with Gasteiger partial charge in [-0.15, -0.1) is 0 Å². The second kappa shape index (κ2) is 6.30. The van der Waals surface area contributed by atoms with E-state index >= 15 is 0 Å². The molecule has 5 nitrogen and oxygen atoms in total. The van der Waals surface area contributed by atoms with Crippen LogP contribution < -0.4 is 10.2 Å². The summed E-state index contributed by atoms with van der Waals surface area (Å²) in [6.07, 6.45) is 12.7. The van der Waals surface area contributed by atoms with E-state index in [0.717, 1.165) is 44.3 Å². The van der Waals surface area contributed by atoms with Gasteiger partial charge in [0.2, 0.25) is 11.9 Å². The molecule has 122 valence electrons. The summed E-state index contributed by atoms with van der Waals surface area (Å²) in [5.41, 5.74) is 0. The number of allylic oxidation sites excluding steroid dienone is 2. The molecule has 4 atom stereocenters. The molecule has 1 N–H and O–H groups in total. The molecule has 4 unspecified atom stereocenters. The fourth-order valence-corrected chi connectivity index (χ4v) is 4.33. The van der Waals surface area contributed by atoms with Crippen LogP contribution in [0, 0.1) is 23.7 Å². The Labute approximate surface area is 137 Å². The van der Waals surface area contributed by atoms with Crippen molar-refractivity contribution in [1.82, 2.24) is 15.3 Å². The standard InChI is InChI=1S/C18H24N4O/c23-17(21-11-16-10-13-4-5-14(16)9-13)15-3-1-8-22(12-15)18-19-6-2-7-20-18/h2,4-7,13-16H,1,3,8-12H2,(H,21,23). The van der Waals surface area contributed by atoms with E-state index in [2.05, 4.69) is 32.3 Å². The van der Waals surface area contributed by atoms with Crippen LogP contribution in [0.25, 0.3) is 0 Å². The molecule has 0 radical (unpaired) electrons. The molecule has 1 aliphatic heterocycles. The summed E-state index contributed by atoms with van der Waals surface area (Å²) in [5.74, 6) is 3.11. The maximum absolute atomic E-state index is 12.5. The highest BCUT2D eigenvalue weighted by Gasteiger charge is 2.36. The first kappa shape index (κ1) is 14.7. The second-order valence-corrected chi connectivity index (χ2v) is 7.12. The molecule has 1 saturated carbocycles. The Morgan fingerprint density at radius 3 is 2.87 bits per heavy atom. The molecule has 2 aliphatic carbocycles. The van der Waals surface area contributed by atoms with Gasteiger partial charge in [0.15, 0.2) is 0 Å². The monoisotopic (exact) mass is 312 g/mol. The molecular weight excluding hydrogens is 288 g/mol. The molecule has 1 saturated heterocycles. The first-order valence-corrected chi connectivity index (χ1v) is 8.77. The van der Waals surface area contributed by atoms with Crippen LogP contribution in [0.1, 0.15) is 25.7 Å². The smallest absolute Gasteiger partial charge is 0.225 e. The number of nitrogens with zero attached hydrogens (tertiary/aromatic N) is 3. The molecule has 4 rings (SSSR count). The molecule has 1 aromatic heterocycles. The van der Waals surface area contributed by atoms with Crippen molar-refractivity contribution in [3.63, 3.8) is 0 Å². The largest absolute Gasteiger partial charge is 0.356 e. The third-order valence-electron chi connectivity index (χ3n) is 5.58. The summed E-state index contributed by atoms with van der Waals surface area (Å²) in [4.78, 5) is 23.3. The summed E-state index contributed by atoms with van der Waals surface area (Å²) >= 11 is 0. The average molecular weight is 312 g/mol. The number of amides is 1. The van der Waals surface area contributed by atoms with Gasteiger partial charge in [-0.2, -0.15) is 0 Å². The minimum Gasteiger partial charge on any atom is -0.356 e. The van der Waals surface area contributed by atoms with Crippen molar-refractivity contribution >= 4 is 11.9 Å². The number of fused-ring (bicyclic) bond motifs is 2.